The van der Waals surface area contributed by atoms with Gasteiger partial charge in [0.1, 0.15) is 5.69 Å². The minimum atomic E-state index is -0.106. The number of rotatable bonds is 2. The first-order valence-electron chi connectivity index (χ1n) is 8.38. The smallest absolute Gasteiger partial charge is 0.317 e. The Morgan fingerprint density at radius 2 is 1.72 bits per heavy atom. The third-order valence-corrected chi connectivity index (χ3v) is 4.68. The lowest BCUT2D eigenvalue weighted by Gasteiger charge is -2.34. The van der Waals surface area contributed by atoms with E-state index in [2.05, 4.69) is 41.5 Å². The lowest BCUT2D eigenvalue weighted by Crippen LogP contribution is -2.52. The van der Waals surface area contributed by atoms with Crippen LogP contribution in [-0.4, -0.2) is 65.2 Å². The minimum absolute atomic E-state index is 0.0841. The van der Waals surface area contributed by atoms with Crippen molar-refractivity contribution in [3.63, 3.8) is 0 Å². The summed E-state index contributed by atoms with van der Waals surface area (Å²) in [4.78, 5) is 27.7. The van der Waals surface area contributed by atoms with Crippen LogP contribution < -0.4 is 5.32 Å². The lowest BCUT2D eigenvalue weighted by atomic mass is 10.0. The number of hydrogen-bond donors (Lipinski definition) is 2. The summed E-state index contributed by atoms with van der Waals surface area (Å²) in [5, 5.41) is 9.74. The second kappa shape index (κ2) is 6.96. The first kappa shape index (κ1) is 17.0. The van der Waals surface area contributed by atoms with E-state index in [0.717, 1.165) is 11.3 Å². The SMILES string of the molecule is CNC(=O)N1CCN(C(=O)c2cc(-c3ccc(C)c(C)c3)n[nH]2)CC1. The maximum Gasteiger partial charge on any atom is 0.317 e. The number of carbonyl (C=O) groups is 2. The standard InChI is InChI=1S/C18H23N5O2/c1-12-4-5-14(10-13(12)2)15-11-16(21-20-15)17(24)22-6-8-23(9-7-22)18(25)19-3/h4-5,10-11H,6-9H2,1-3H3,(H,19,25)(H,20,21). The molecule has 1 fully saturated rings. The number of amides is 3. The van der Waals surface area contributed by atoms with Gasteiger partial charge < -0.3 is 15.1 Å². The highest BCUT2D eigenvalue weighted by Gasteiger charge is 2.25. The monoisotopic (exact) mass is 341 g/mol. The summed E-state index contributed by atoms with van der Waals surface area (Å²) < 4.78 is 0. The molecule has 1 aliphatic rings. The average Bonchev–Trinajstić information content (AvgIpc) is 3.13. The number of aromatic nitrogens is 2. The molecule has 1 aromatic heterocycles. The average molecular weight is 341 g/mol. The lowest BCUT2D eigenvalue weighted by molar-refractivity contribution is 0.0660. The fourth-order valence-electron chi connectivity index (χ4n) is 2.92. The quantitative estimate of drug-likeness (QED) is 0.874. The molecule has 25 heavy (non-hydrogen) atoms. The van der Waals surface area contributed by atoms with Crippen LogP contribution in [0.4, 0.5) is 4.79 Å². The molecule has 2 heterocycles. The van der Waals surface area contributed by atoms with Crippen LogP contribution in [0, 0.1) is 13.8 Å². The van der Waals surface area contributed by atoms with Gasteiger partial charge in [-0.2, -0.15) is 5.10 Å². The zero-order valence-electron chi connectivity index (χ0n) is 14.8. The predicted molar refractivity (Wildman–Crippen MR) is 95.4 cm³/mol. The van der Waals surface area contributed by atoms with E-state index in [1.165, 1.54) is 11.1 Å². The van der Waals surface area contributed by atoms with E-state index in [-0.39, 0.29) is 11.9 Å². The molecule has 1 aliphatic heterocycles. The Bertz CT molecular complexity index is 791. The highest BCUT2D eigenvalue weighted by atomic mass is 16.2. The number of H-pyrrole nitrogens is 1. The predicted octanol–water partition coefficient (Wildman–Crippen LogP) is 1.79. The summed E-state index contributed by atoms with van der Waals surface area (Å²) in [6.45, 7) is 6.22. The first-order valence-corrected chi connectivity index (χ1v) is 8.38. The Balaban J connectivity index is 1.69. The van der Waals surface area contributed by atoms with Crippen molar-refractivity contribution in [2.75, 3.05) is 33.2 Å². The number of piperazine rings is 1. The van der Waals surface area contributed by atoms with Crippen LogP contribution in [0.2, 0.25) is 0 Å². The number of hydrogen-bond acceptors (Lipinski definition) is 3. The molecule has 1 saturated heterocycles. The van der Waals surface area contributed by atoms with Gasteiger partial charge in [-0.1, -0.05) is 12.1 Å². The zero-order valence-corrected chi connectivity index (χ0v) is 14.8. The van der Waals surface area contributed by atoms with E-state index >= 15 is 0 Å². The van der Waals surface area contributed by atoms with E-state index < -0.39 is 0 Å². The van der Waals surface area contributed by atoms with Crippen molar-refractivity contribution in [1.29, 1.82) is 0 Å². The highest BCUT2D eigenvalue weighted by molar-refractivity contribution is 5.93. The normalized spacial score (nSPS) is 14.5. The molecule has 3 rings (SSSR count). The number of aryl methyl sites for hydroxylation is 2. The molecule has 0 unspecified atom stereocenters. The molecule has 7 nitrogen and oxygen atoms in total. The summed E-state index contributed by atoms with van der Waals surface area (Å²) in [6.07, 6.45) is 0. The molecule has 0 aliphatic carbocycles. The summed E-state index contributed by atoms with van der Waals surface area (Å²) >= 11 is 0. The largest absolute Gasteiger partial charge is 0.341 e. The summed E-state index contributed by atoms with van der Waals surface area (Å²) in [7, 11) is 1.61. The van der Waals surface area contributed by atoms with Gasteiger partial charge in [-0.25, -0.2) is 4.79 Å². The van der Waals surface area contributed by atoms with Gasteiger partial charge in [0, 0.05) is 38.8 Å². The third kappa shape index (κ3) is 3.50. The topological polar surface area (TPSA) is 81.3 Å². The minimum Gasteiger partial charge on any atom is -0.341 e. The molecule has 2 N–H and O–H groups in total. The summed E-state index contributed by atoms with van der Waals surface area (Å²) in [5.41, 5.74) is 4.64. The number of urea groups is 1. The molecule has 0 radical (unpaired) electrons. The van der Waals surface area contributed by atoms with E-state index in [4.69, 9.17) is 0 Å². The van der Waals surface area contributed by atoms with E-state index in [1.54, 1.807) is 22.9 Å². The molecule has 1 aromatic carbocycles. The Kier molecular flexibility index (Phi) is 4.74. The molecule has 7 heteroatoms. The van der Waals surface area contributed by atoms with Gasteiger partial charge in [0.15, 0.2) is 0 Å². The van der Waals surface area contributed by atoms with Crippen LogP contribution in [0.1, 0.15) is 21.6 Å². The molecule has 0 spiro atoms. The van der Waals surface area contributed by atoms with Crippen molar-refractivity contribution in [1.82, 2.24) is 25.3 Å². The van der Waals surface area contributed by atoms with Crippen LogP contribution in [0.5, 0.6) is 0 Å². The maximum absolute atomic E-state index is 12.6. The van der Waals surface area contributed by atoms with Crippen molar-refractivity contribution in [3.05, 3.63) is 41.1 Å². The van der Waals surface area contributed by atoms with Gasteiger partial charge in [-0.05, 0) is 37.1 Å². The number of nitrogens with one attached hydrogen (secondary N) is 2. The van der Waals surface area contributed by atoms with E-state index in [9.17, 15) is 9.59 Å². The van der Waals surface area contributed by atoms with Crippen LogP contribution in [0.15, 0.2) is 24.3 Å². The fraction of sp³-hybridized carbons (Fsp3) is 0.389. The zero-order chi connectivity index (χ0) is 18.0. The van der Waals surface area contributed by atoms with Crippen LogP contribution in [0.25, 0.3) is 11.3 Å². The van der Waals surface area contributed by atoms with Crippen molar-refractivity contribution < 1.29 is 9.59 Å². The van der Waals surface area contributed by atoms with E-state index in [1.807, 2.05) is 6.07 Å². The molecular weight excluding hydrogens is 318 g/mol. The Hall–Kier alpha value is -2.83. The van der Waals surface area contributed by atoms with Crippen LogP contribution in [-0.2, 0) is 0 Å². The van der Waals surface area contributed by atoms with Gasteiger partial charge in [-0.15, -0.1) is 0 Å². The third-order valence-electron chi connectivity index (χ3n) is 4.68. The van der Waals surface area contributed by atoms with E-state index in [0.29, 0.717) is 31.9 Å². The number of benzene rings is 1. The Morgan fingerprint density at radius 1 is 1.04 bits per heavy atom. The number of carbonyl (C=O) groups excluding carboxylic acids is 2. The molecule has 0 bridgehead atoms. The molecular formula is C18H23N5O2. The molecule has 2 aromatic rings. The first-order chi connectivity index (χ1) is 12.0. The van der Waals surface area contributed by atoms with Crippen LogP contribution >= 0.6 is 0 Å². The highest BCUT2D eigenvalue weighted by Crippen LogP contribution is 2.21. The van der Waals surface area contributed by atoms with Gasteiger partial charge >= 0.3 is 6.03 Å². The molecule has 132 valence electrons. The van der Waals surface area contributed by atoms with Gasteiger partial charge in [0.25, 0.3) is 5.91 Å². The Labute approximate surface area is 147 Å². The molecule has 3 amide bonds. The number of nitrogens with zero attached hydrogens (tertiary/aromatic N) is 3. The second-order valence-electron chi connectivity index (χ2n) is 6.30. The Morgan fingerprint density at radius 3 is 2.36 bits per heavy atom. The summed E-state index contributed by atoms with van der Waals surface area (Å²) in [6, 6.07) is 7.82. The van der Waals surface area contributed by atoms with Gasteiger partial charge in [-0.3, -0.25) is 9.89 Å². The number of aromatic amines is 1. The second-order valence-corrected chi connectivity index (χ2v) is 6.30. The van der Waals surface area contributed by atoms with Crippen LogP contribution in [0.3, 0.4) is 0 Å². The molecule has 0 saturated carbocycles. The van der Waals surface area contributed by atoms with Crippen molar-refractivity contribution >= 4 is 11.9 Å². The van der Waals surface area contributed by atoms with Gasteiger partial charge in [0.2, 0.25) is 0 Å². The van der Waals surface area contributed by atoms with Crippen molar-refractivity contribution in [3.8, 4) is 11.3 Å². The van der Waals surface area contributed by atoms with Crippen molar-refractivity contribution in [2.24, 2.45) is 0 Å². The van der Waals surface area contributed by atoms with Gasteiger partial charge in [0.05, 0.1) is 5.69 Å². The molecule has 0 atom stereocenters. The fourth-order valence-corrected chi connectivity index (χ4v) is 2.92. The summed E-state index contributed by atoms with van der Waals surface area (Å²) in [5.74, 6) is -0.0841. The van der Waals surface area contributed by atoms with Crippen molar-refractivity contribution in [2.45, 2.75) is 13.8 Å². The maximum atomic E-state index is 12.6.